The zero-order valence-electron chi connectivity index (χ0n) is 11.9. The molecular weight excluding hydrogens is 273 g/mol. The maximum absolute atomic E-state index is 14.0. The molecule has 1 unspecified atom stereocenters. The molecule has 1 aromatic heterocycles. The number of benzene rings is 1. The molecule has 3 rings (SSSR count). The van der Waals surface area contributed by atoms with Crippen molar-refractivity contribution in [2.75, 3.05) is 13.7 Å². The van der Waals surface area contributed by atoms with Crippen molar-refractivity contribution in [1.29, 1.82) is 0 Å². The number of hydrogen-bond acceptors (Lipinski definition) is 5. The lowest BCUT2D eigenvalue weighted by molar-refractivity contribution is 0.390. The Morgan fingerprint density at radius 3 is 3.10 bits per heavy atom. The third-order valence-corrected chi connectivity index (χ3v) is 3.72. The Balaban J connectivity index is 1.91. The van der Waals surface area contributed by atoms with Crippen LogP contribution in [-0.2, 0) is 0 Å². The Kier molecular flexibility index (Phi) is 4.15. The quantitative estimate of drug-likeness (QED) is 0.941. The van der Waals surface area contributed by atoms with Gasteiger partial charge in [-0.2, -0.15) is 4.98 Å². The molecule has 0 aliphatic carbocycles. The zero-order valence-corrected chi connectivity index (χ0v) is 11.9. The van der Waals surface area contributed by atoms with E-state index < -0.39 is 5.82 Å². The number of nitrogens with one attached hydrogen (secondary N) is 1. The smallest absolute Gasteiger partial charge is 0.264 e. The van der Waals surface area contributed by atoms with Gasteiger partial charge in [-0.25, -0.2) is 4.39 Å². The minimum Gasteiger partial charge on any atom is -0.496 e. The van der Waals surface area contributed by atoms with Crippen molar-refractivity contribution in [3.63, 3.8) is 0 Å². The predicted octanol–water partition coefficient (Wildman–Crippen LogP) is 3.09. The predicted molar refractivity (Wildman–Crippen MR) is 75.5 cm³/mol. The topological polar surface area (TPSA) is 60.2 Å². The summed E-state index contributed by atoms with van der Waals surface area (Å²) in [5, 5.41) is 7.40. The molecule has 0 bridgehead atoms. The standard InChI is InChI=1S/C15H18FN3O2/c1-20-12-8-5-6-10(16)13(12)15-18-14(19-21-15)11-7-3-2-4-9-17-11/h5-6,8,11,17H,2-4,7,9H2,1H3. The van der Waals surface area contributed by atoms with Gasteiger partial charge in [0.25, 0.3) is 5.89 Å². The average Bonchev–Trinajstić information content (AvgIpc) is 2.81. The van der Waals surface area contributed by atoms with Gasteiger partial charge in [0, 0.05) is 0 Å². The third-order valence-electron chi connectivity index (χ3n) is 3.72. The molecule has 5 nitrogen and oxygen atoms in total. The van der Waals surface area contributed by atoms with Gasteiger partial charge in [0.05, 0.1) is 13.2 Å². The van der Waals surface area contributed by atoms with Crippen molar-refractivity contribution in [2.24, 2.45) is 0 Å². The highest BCUT2D eigenvalue weighted by Gasteiger charge is 2.23. The fourth-order valence-corrected chi connectivity index (χ4v) is 2.61. The Bertz CT molecular complexity index is 607. The molecule has 1 fully saturated rings. The fourth-order valence-electron chi connectivity index (χ4n) is 2.61. The maximum atomic E-state index is 14.0. The van der Waals surface area contributed by atoms with E-state index in [2.05, 4.69) is 15.5 Å². The van der Waals surface area contributed by atoms with Gasteiger partial charge in [0.15, 0.2) is 5.82 Å². The Morgan fingerprint density at radius 1 is 1.33 bits per heavy atom. The van der Waals surface area contributed by atoms with Crippen LogP contribution in [0.15, 0.2) is 22.7 Å². The highest BCUT2D eigenvalue weighted by atomic mass is 19.1. The second-order valence-corrected chi connectivity index (χ2v) is 5.13. The minimum atomic E-state index is -0.432. The molecule has 0 saturated carbocycles. The molecule has 0 amide bonds. The van der Waals surface area contributed by atoms with E-state index in [0.29, 0.717) is 11.6 Å². The third kappa shape index (κ3) is 2.90. The Morgan fingerprint density at radius 2 is 2.24 bits per heavy atom. The van der Waals surface area contributed by atoms with Crippen molar-refractivity contribution in [1.82, 2.24) is 15.5 Å². The summed E-state index contributed by atoms with van der Waals surface area (Å²) >= 11 is 0. The van der Waals surface area contributed by atoms with Gasteiger partial charge in [0.1, 0.15) is 17.1 Å². The number of hydrogen-bond donors (Lipinski definition) is 1. The molecule has 1 aliphatic heterocycles. The number of methoxy groups -OCH3 is 1. The van der Waals surface area contributed by atoms with Crippen molar-refractivity contribution >= 4 is 0 Å². The molecule has 1 atom stereocenters. The van der Waals surface area contributed by atoms with E-state index in [1.165, 1.54) is 19.6 Å². The maximum Gasteiger partial charge on any atom is 0.264 e. The van der Waals surface area contributed by atoms with Crippen molar-refractivity contribution in [3.05, 3.63) is 29.8 Å². The second-order valence-electron chi connectivity index (χ2n) is 5.13. The summed E-state index contributed by atoms with van der Waals surface area (Å²) in [5.74, 6) is 0.695. The van der Waals surface area contributed by atoms with Crippen LogP contribution in [0.4, 0.5) is 4.39 Å². The summed E-state index contributed by atoms with van der Waals surface area (Å²) in [6, 6.07) is 4.68. The summed E-state index contributed by atoms with van der Waals surface area (Å²) in [7, 11) is 1.49. The van der Waals surface area contributed by atoms with Gasteiger partial charge in [-0.15, -0.1) is 0 Å². The summed E-state index contributed by atoms with van der Waals surface area (Å²) in [4.78, 5) is 4.36. The normalized spacial score (nSPS) is 19.2. The van der Waals surface area contributed by atoms with Gasteiger partial charge < -0.3 is 14.6 Å². The summed E-state index contributed by atoms with van der Waals surface area (Å²) in [6.07, 6.45) is 4.45. The van der Waals surface area contributed by atoms with Crippen molar-refractivity contribution in [3.8, 4) is 17.2 Å². The van der Waals surface area contributed by atoms with Crippen LogP contribution in [0, 0.1) is 5.82 Å². The van der Waals surface area contributed by atoms with Crippen LogP contribution in [0.5, 0.6) is 5.75 Å². The van der Waals surface area contributed by atoms with Crippen molar-refractivity contribution in [2.45, 2.75) is 31.7 Å². The SMILES string of the molecule is COc1cccc(F)c1-c1nc(C2CCCCCN2)no1. The largest absolute Gasteiger partial charge is 0.496 e. The number of rotatable bonds is 3. The van der Waals surface area contributed by atoms with Crippen LogP contribution in [0.3, 0.4) is 0 Å². The van der Waals surface area contributed by atoms with Crippen LogP contribution in [0.25, 0.3) is 11.5 Å². The fraction of sp³-hybridized carbons (Fsp3) is 0.467. The molecule has 2 aromatic rings. The number of halogens is 1. The molecule has 1 aromatic carbocycles. The molecule has 112 valence electrons. The number of aromatic nitrogens is 2. The highest BCUT2D eigenvalue weighted by Crippen LogP contribution is 2.32. The molecular formula is C15H18FN3O2. The second kappa shape index (κ2) is 6.22. The van der Waals surface area contributed by atoms with Gasteiger partial charge >= 0.3 is 0 Å². The van der Waals surface area contributed by atoms with E-state index >= 15 is 0 Å². The van der Waals surface area contributed by atoms with Crippen LogP contribution < -0.4 is 10.1 Å². The lowest BCUT2D eigenvalue weighted by atomic mass is 10.1. The van der Waals surface area contributed by atoms with E-state index in [9.17, 15) is 4.39 Å². The first-order chi connectivity index (χ1) is 10.3. The van der Waals surface area contributed by atoms with Crippen LogP contribution in [-0.4, -0.2) is 23.8 Å². The Hall–Kier alpha value is -1.95. The van der Waals surface area contributed by atoms with Crippen LogP contribution in [0.2, 0.25) is 0 Å². The molecule has 0 spiro atoms. The van der Waals surface area contributed by atoms with Gasteiger partial charge in [-0.05, 0) is 31.5 Å². The van der Waals surface area contributed by atoms with Gasteiger partial charge in [-0.3, -0.25) is 0 Å². The summed E-state index contributed by atoms with van der Waals surface area (Å²) < 4.78 is 24.4. The van der Waals surface area contributed by atoms with E-state index in [0.717, 1.165) is 25.8 Å². The zero-order chi connectivity index (χ0) is 14.7. The van der Waals surface area contributed by atoms with Crippen LogP contribution >= 0.6 is 0 Å². The monoisotopic (exact) mass is 291 g/mol. The molecule has 21 heavy (non-hydrogen) atoms. The van der Waals surface area contributed by atoms with Gasteiger partial charge in [-0.1, -0.05) is 24.1 Å². The van der Waals surface area contributed by atoms with E-state index in [4.69, 9.17) is 9.26 Å². The number of ether oxygens (including phenoxy) is 1. The lowest BCUT2D eigenvalue weighted by Gasteiger charge is -2.10. The summed E-state index contributed by atoms with van der Waals surface area (Å²) in [5.41, 5.74) is 0.215. The summed E-state index contributed by atoms with van der Waals surface area (Å²) in [6.45, 7) is 0.942. The average molecular weight is 291 g/mol. The van der Waals surface area contributed by atoms with Gasteiger partial charge in [0.2, 0.25) is 0 Å². The Labute approximate surface area is 122 Å². The number of nitrogens with zero attached hydrogens (tertiary/aromatic N) is 2. The van der Waals surface area contributed by atoms with Crippen molar-refractivity contribution < 1.29 is 13.7 Å². The van der Waals surface area contributed by atoms with E-state index in [1.54, 1.807) is 12.1 Å². The first-order valence-electron chi connectivity index (χ1n) is 7.19. The molecule has 1 aliphatic rings. The highest BCUT2D eigenvalue weighted by molar-refractivity contribution is 5.63. The lowest BCUT2D eigenvalue weighted by Crippen LogP contribution is -2.21. The molecule has 1 saturated heterocycles. The molecule has 1 N–H and O–H groups in total. The minimum absolute atomic E-state index is 0.0720. The molecule has 2 heterocycles. The molecule has 0 radical (unpaired) electrons. The van der Waals surface area contributed by atoms with Crippen LogP contribution in [0.1, 0.15) is 37.5 Å². The first-order valence-corrected chi connectivity index (χ1v) is 7.19. The first kappa shape index (κ1) is 14.0. The molecule has 6 heteroatoms. The van der Waals surface area contributed by atoms with E-state index in [1.807, 2.05) is 0 Å². The van der Waals surface area contributed by atoms with E-state index in [-0.39, 0.29) is 17.5 Å².